The third-order valence-electron chi connectivity index (χ3n) is 4.08. The number of aromatic amines is 1. The molecule has 0 unspecified atom stereocenters. The lowest BCUT2D eigenvalue weighted by Crippen LogP contribution is -2.36. The molecule has 1 aliphatic rings. The summed E-state index contributed by atoms with van der Waals surface area (Å²) in [4.78, 5) is 8.34. The zero-order chi connectivity index (χ0) is 12.6. The van der Waals surface area contributed by atoms with Gasteiger partial charge in [-0.25, -0.2) is 0 Å². The van der Waals surface area contributed by atoms with Crippen LogP contribution in [-0.2, 0) is 0 Å². The predicted molar refractivity (Wildman–Crippen MR) is 71.8 cm³/mol. The highest BCUT2D eigenvalue weighted by molar-refractivity contribution is 6.28. The van der Waals surface area contributed by atoms with Crippen LogP contribution in [0.15, 0.2) is 6.20 Å². The molecule has 6 heteroatoms. The van der Waals surface area contributed by atoms with Crippen LogP contribution >= 0.6 is 11.6 Å². The van der Waals surface area contributed by atoms with Crippen molar-refractivity contribution in [2.24, 2.45) is 5.41 Å². The van der Waals surface area contributed by atoms with E-state index in [4.69, 9.17) is 11.6 Å². The Morgan fingerprint density at radius 1 is 1.44 bits per heavy atom. The number of aromatic nitrogens is 4. The second-order valence-corrected chi connectivity index (χ2v) is 5.37. The fourth-order valence-electron chi connectivity index (χ4n) is 2.55. The molecule has 0 atom stereocenters. The van der Waals surface area contributed by atoms with Crippen LogP contribution in [0.5, 0.6) is 0 Å². The fraction of sp³-hybridized carbons (Fsp3) is 0.583. The number of anilines is 1. The first-order valence-electron chi connectivity index (χ1n) is 6.33. The molecule has 2 N–H and O–H groups in total. The van der Waals surface area contributed by atoms with Gasteiger partial charge in [0.2, 0.25) is 5.28 Å². The van der Waals surface area contributed by atoms with Crippen molar-refractivity contribution in [1.82, 2.24) is 20.2 Å². The summed E-state index contributed by atoms with van der Waals surface area (Å²) >= 11 is 5.90. The number of nitrogens with one attached hydrogen (secondary N) is 2. The van der Waals surface area contributed by atoms with Crippen LogP contribution in [0.3, 0.4) is 0 Å². The molecule has 0 aliphatic heterocycles. The molecule has 1 saturated carbocycles. The zero-order valence-electron chi connectivity index (χ0n) is 10.3. The van der Waals surface area contributed by atoms with Crippen LogP contribution in [-0.4, -0.2) is 26.7 Å². The lowest BCUT2D eigenvalue weighted by molar-refractivity contribution is 0.145. The van der Waals surface area contributed by atoms with Crippen molar-refractivity contribution in [3.8, 4) is 0 Å². The lowest BCUT2D eigenvalue weighted by Gasteiger charge is -2.41. The third kappa shape index (κ3) is 1.92. The van der Waals surface area contributed by atoms with E-state index in [0.717, 1.165) is 17.7 Å². The summed E-state index contributed by atoms with van der Waals surface area (Å²) < 4.78 is 0. The van der Waals surface area contributed by atoms with Crippen LogP contribution in [0, 0.1) is 5.41 Å². The standard InChI is InChI=1S/C12H16ClN5/c1-2-12(4-3-5-12)7-14-9-8-6-15-18-10(8)17-11(13)16-9/h6H,2-5,7H2,1H3,(H2,14,15,16,17,18). The van der Waals surface area contributed by atoms with Gasteiger partial charge in [-0.1, -0.05) is 13.3 Å². The Bertz CT molecular complexity index is 555. The van der Waals surface area contributed by atoms with Crippen molar-refractivity contribution in [3.63, 3.8) is 0 Å². The molecule has 0 saturated heterocycles. The molecular formula is C12H16ClN5. The van der Waals surface area contributed by atoms with Gasteiger partial charge >= 0.3 is 0 Å². The van der Waals surface area contributed by atoms with E-state index >= 15 is 0 Å². The van der Waals surface area contributed by atoms with E-state index in [9.17, 15) is 0 Å². The maximum absolute atomic E-state index is 5.90. The molecule has 0 aromatic carbocycles. The first-order chi connectivity index (χ1) is 8.72. The van der Waals surface area contributed by atoms with Gasteiger partial charge in [-0.15, -0.1) is 0 Å². The van der Waals surface area contributed by atoms with Gasteiger partial charge in [-0.05, 0) is 36.3 Å². The molecule has 2 aromatic heterocycles. The second kappa shape index (κ2) is 4.39. The maximum atomic E-state index is 5.90. The molecule has 96 valence electrons. The van der Waals surface area contributed by atoms with Gasteiger partial charge < -0.3 is 5.32 Å². The van der Waals surface area contributed by atoms with Gasteiger partial charge in [0.05, 0.1) is 11.6 Å². The van der Waals surface area contributed by atoms with E-state index in [0.29, 0.717) is 11.1 Å². The largest absolute Gasteiger partial charge is 0.369 e. The highest BCUT2D eigenvalue weighted by atomic mass is 35.5. The number of rotatable bonds is 4. The van der Waals surface area contributed by atoms with E-state index in [2.05, 4.69) is 32.4 Å². The molecular weight excluding hydrogens is 250 g/mol. The molecule has 18 heavy (non-hydrogen) atoms. The number of hydrogen-bond donors (Lipinski definition) is 2. The summed E-state index contributed by atoms with van der Waals surface area (Å²) in [6, 6.07) is 0. The fourth-order valence-corrected chi connectivity index (χ4v) is 2.71. The number of hydrogen-bond acceptors (Lipinski definition) is 4. The summed E-state index contributed by atoms with van der Waals surface area (Å²) in [5.74, 6) is 0.776. The van der Waals surface area contributed by atoms with E-state index in [-0.39, 0.29) is 5.28 Å². The van der Waals surface area contributed by atoms with Crippen molar-refractivity contribution in [1.29, 1.82) is 0 Å². The Labute approximate surface area is 110 Å². The van der Waals surface area contributed by atoms with E-state index < -0.39 is 0 Å². The van der Waals surface area contributed by atoms with Crippen LogP contribution in [0.25, 0.3) is 11.0 Å². The summed E-state index contributed by atoms with van der Waals surface area (Å²) in [6.45, 7) is 3.19. The highest BCUT2D eigenvalue weighted by Gasteiger charge is 2.34. The smallest absolute Gasteiger partial charge is 0.226 e. The minimum atomic E-state index is 0.244. The first-order valence-corrected chi connectivity index (χ1v) is 6.71. The van der Waals surface area contributed by atoms with Crippen molar-refractivity contribution >= 4 is 28.5 Å². The minimum Gasteiger partial charge on any atom is -0.369 e. The first kappa shape index (κ1) is 11.7. The SMILES string of the molecule is CCC1(CNc2nc(Cl)nc3[nH]ncc23)CCC1. The van der Waals surface area contributed by atoms with Gasteiger partial charge in [0.15, 0.2) is 5.65 Å². The normalized spacial score (nSPS) is 17.7. The van der Waals surface area contributed by atoms with Gasteiger partial charge in [-0.2, -0.15) is 15.1 Å². The molecule has 1 aliphatic carbocycles. The van der Waals surface area contributed by atoms with Gasteiger partial charge in [0, 0.05) is 6.54 Å². The average Bonchev–Trinajstić information content (AvgIpc) is 2.75. The second-order valence-electron chi connectivity index (χ2n) is 5.03. The molecule has 5 nitrogen and oxygen atoms in total. The van der Waals surface area contributed by atoms with Crippen molar-refractivity contribution in [2.45, 2.75) is 32.6 Å². The molecule has 1 fully saturated rings. The van der Waals surface area contributed by atoms with Crippen LogP contribution in [0.1, 0.15) is 32.6 Å². The Morgan fingerprint density at radius 2 is 2.28 bits per heavy atom. The monoisotopic (exact) mass is 265 g/mol. The van der Waals surface area contributed by atoms with Crippen LogP contribution < -0.4 is 5.32 Å². The Kier molecular flexibility index (Phi) is 2.86. The highest BCUT2D eigenvalue weighted by Crippen LogP contribution is 2.43. The number of nitrogens with zero attached hydrogens (tertiary/aromatic N) is 3. The number of fused-ring (bicyclic) bond motifs is 1. The molecule has 2 aromatic rings. The average molecular weight is 266 g/mol. The maximum Gasteiger partial charge on any atom is 0.226 e. The molecule has 0 amide bonds. The van der Waals surface area contributed by atoms with E-state index in [1.54, 1.807) is 6.20 Å². The summed E-state index contributed by atoms with van der Waals surface area (Å²) in [5.41, 5.74) is 1.12. The third-order valence-corrected chi connectivity index (χ3v) is 4.25. The minimum absolute atomic E-state index is 0.244. The zero-order valence-corrected chi connectivity index (χ0v) is 11.1. The van der Waals surface area contributed by atoms with Crippen molar-refractivity contribution in [3.05, 3.63) is 11.5 Å². The molecule has 2 heterocycles. The van der Waals surface area contributed by atoms with Crippen LogP contribution in [0.4, 0.5) is 5.82 Å². The van der Waals surface area contributed by atoms with Crippen LogP contribution in [0.2, 0.25) is 5.28 Å². The van der Waals surface area contributed by atoms with Gasteiger partial charge in [0.25, 0.3) is 0 Å². The van der Waals surface area contributed by atoms with Crippen molar-refractivity contribution in [2.75, 3.05) is 11.9 Å². The summed E-state index contributed by atoms with van der Waals surface area (Å²) in [5, 5.41) is 11.3. The quantitative estimate of drug-likeness (QED) is 0.834. The lowest BCUT2D eigenvalue weighted by atomic mass is 9.67. The summed E-state index contributed by atoms with van der Waals surface area (Å²) in [7, 11) is 0. The predicted octanol–water partition coefficient (Wildman–Crippen LogP) is 3.00. The van der Waals surface area contributed by atoms with Crippen molar-refractivity contribution < 1.29 is 0 Å². The molecule has 0 radical (unpaired) electrons. The topological polar surface area (TPSA) is 66.5 Å². The molecule has 3 rings (SSSR count). The van der Waals surface area contributed by atoms with Gasteiger partial charge in [-0.3, -0.25) is 5.10 Å². The molecule has 0 bridgehead atoms. The number of halogens is 1. The summed E-state index contributed by atoms with van der Waals surface area (Å²) in [6.07, 6.45) is 6.86. The number of H-pyrrole nitrogens is 1. The molecule has 0 spiro atoms. The van der Waals surface area contributed by atoms with Gasteiger partial charge in [0.1, 0.15) is 5.82 Å². The Morgan fingerprint density at radius 3 is 2.94 bits per heavy atom. The van der Waals surface area contributed by atoms with E-state index in [1.165, 1.54) is 25.7 Å². The van der Waals surface area contributed by atoms with E-state index in [1.807, 2.05) is 0 Å². The Balaban J connectivity index is 1.83. The Hall–Kier alpha value is -1.36.